The van der Waals surface area contributed by atoms with Crippen LogP contribution in [-0.4, -0.2) is 14.4 Å². The zero-order chi connectivity index (χ0) is 21.8. The van der Waals surface area contributed by atoms with Crippen molar-refractivity contribution in [2.45, 2.75) is 31.0 Å². The summed E-state index contributed by atoms with van der Waals surface area (Å²) in [5.74, 6) is 0. The van der Waals surface area contributed by atoms with Crippen molar-refractivity contribution in [1.82, 2.24) is 15.5 Å². The molecule has 8 heteroatoms. The van der Waals surface area contributed by atoms with Crippen LogP contribution in [0.2, 0.25) is 0 Å². The van der Waals surface area contributed by atoms with Crippen molar-refractivity contribution in [2.75, 3.05) is 5.01 Å². The monoisotopic (exact) mass is 436 g/mol. The summed E-state index contributed by atoms with van der Waals surface area (Å²) < 4.78 is 25.9. The maximum atomic E-state index is 13.2. The number of hydrogen-bond donors (Lipinski definition) is 3. The first kappa shape index (κ1) is 21.0. The molecular weight excluding hydrogens is 412 g/mol. The Morgan fingerprint density at radius 1 is 0.935 bits per heavy atom. The number of fused-ring (bicyclic) bond motifs is 1. The van der Waals surface area contributed by atoms with Gasteiger partial charge in [-0.05, 0) is 47.9 Å². The number of anilines is 1. The van der Waals surface area contributed by atoms with Crippen LogP contribution < -0.4 is 20.5 Å². The molecule has 3 N–H and O–H groups in total. The van der Waals surface area contributed by atoms with Crippen molar-refractivity contribution in [3.8, 4) is 0 Å². The minimum absolute atomic E-state index is 0.0757. The topological polar surface area (TPSA) is 90.5 Å². The van der Waals surface area contributed by atoms with Gasteiger partial charge in [-0.15, -0.1) is 4.83 Å². The molecule has 0 fully saturated rings. The minimum Gasteiger partial charge on any atom is -0.330 e. The van der Waals surface area contributed by atoms with Gasteiger partial charge >= 0.3 is 6.03 Å². The molecule has 1 aliphatic rings. The van der Waals surface area contributed by atoms with Gasteiger partial charge in [0.2, 0.25) is 0 Å². The maximum absolute atomic E-state index is 13.2. The third kappa shape index (κ3) is 4.77. The average Bonchev–Trinajstić information content (AvgIpc) is 3.26. The summed E-state index contributed by atoms with van der Waals surface area (Å²) in [5, 5.41) is 7.19. The van der Waals surface area contributed by atoms with E-state index in [9.17, 15) is 13.2 Å². The number of nitrogens with zero attached hydrogens (tertiary/aromatic N) is 1. The Bertz CT molecular complexity index is 1170. The van der Waals surface area contributed by atoms with E-state index in [2.05, 4.69) is 15.5 Å². The maximum Gasteiger partial charge on any atom is 0.337 e. The lowest BCUT2D eigenvalue weighted by molar-refractivity contribution is 0.242. The highest BCUT2D eigenvalue weighted by atomic mass is 32.2. The standard InChI is InChI=1S/C23H24N4O3S/c1-17(18-8-4-2-5-9-18)25-23(28)27(21-13-12-19-15-24-16-20(19)14-21)26-31(29,30)22-10-6-3-7-11-22/h2-14,17,24,26H,15-16H2,1H3,(H,25,28). The third-order valence-corrected chi connectivity index (χ3v) is 6.50. The number of carbonyl (C=O) groups is 1. The molecular formula is C23H24N4O3S. The number of urea groups is 1. The number of carbonyl (C=O) groups excluding carboxylic acids is 1. The van der Waals surface area contributed by atoms with Gasteiger partial charge in [0, 0.05) is 13.1 Å². The molecule has 3 aromatic rings. The molecule has 0 aromatic heterocycles. The second-order valence-electron chi connectivity index (χ2n) is 7.38. The minimum atomic E-state index is -3.97. The highest BCUT2D eigenvalue weighted by molar-refractivity contribution is 7.89. The lowest BCUT2D eigenvalue weighted by atomic mass is 10.1. The molecule has 1 aliphatic heterocycles. The highest BCUT2D eigenvalue weighted by Crippen LogP contribution is 2.24. The summed E-state index contributed by atoms with van der Waals surface area (Å²) in [6.07, 6.45) is 0. The predicted octanol–water partition coefficient (Wildman–Crippen LogP) is 3.46. The first-order valence-electron chi connectivity index (χ1n) is 9.99. The molecule has 4 rings (SSSR count). The second kappa shape index (κ2) is 8.89. The molecule has 2 amide bonds. The van der Waals surface area contributed by atoms with Crippen molar-refractivity contribution in [3.05, 3.63) is 95.6 Å². The summed E-state index contributed by atoms with van der Waals surface area (Å²) in [7, 11) is -3.97. The van der Waals surface area contributed by atoms with Crippen molar-refractivity contribution < 1.29 is 13.2 Å². The first-order valence-corrected chi connectivity index (χ1v) is 11.5. The van der Waals surface area contributed by atoms with E-state index < -0.39 is 16.1 Å². The Labute approximate surface area is 182 Å². The Kier molecular flexibility index (Phi) is 6.03. The third-order valence-electron chi connectivity index (χ3n) is 5.19. The Morgan fingerprint density at radius 3 is 2.29 bits per heavy atom. The van der Waals surface area contributed by atoms with Gasteiger partial charge in [0.05, 0.1) is 16.6 Å². The van der Waals surface area contributed by atoms with Gasteiger partial charge in [-0.2, -0.15) is 0 Å². The molecule has 0 aliphatic carbocycles. The fourth-order valence-corrected chi connectivity index (χ4v) is 4.53. The lowest BCUT2D eigenvalue weighted by Gasteiger charge is -2.26. The number of nitrogens with one attached hydrogen (secondary N) is 3. The van der Waals surface area contributed by atoms with Crippen LogP contribution in [0.15, 0.2) is 83.8 Å². The smallest absolute Gasteiger partial charge is 0.330 e. The molecule has 1 heterocycles. The van der Waals surface area contributed by atoms with Crippen LogP contribution in [-0.2, 0) is 23.1 Å². The summed E-state index contributed by atoms with van der Waals surface area (Å²) >= 11 is 0. The van der Waals surface area contributed by atoms with Crippen LogP contribution in [0, 0.1) is 0 Å². The van der Waals surface area contributed by atoms with Gasteiger partial charge in [0.25, 0.3) is 10.0 Å². The SMILES string of the molecule is CC(NC(=O)N(NS(=O)(=O)c1ccccc1)c1ccc2c(c1)CNC2)c1ccccc1. The molecule has 0 spiro atoms. The van der Waals surface area contributed by atoms with E-state index in [1.807, 2.05) is 49.4 Å². The van der Waals surface area contributed by atoms with Crippen molar-refractivity contribution in [3.63, 3.8) is 0 Å². The van der Waals surface area contributed by atoms with Gasteiger partial charge < -0.3 is 10.6 Å². The van der Waals surface area contributed by atoms with Crippen LogP contribution in [0.4, 0.5) is 10.5 Å². The Morgan fingerprint density at radius 2 is 1.58 bits per heavy atom. The van der Waals surface area contributed by atoms with Crippen molar-refractivity contribution in [2.24, 2.45) is 0 Å². The van der Waals surface area contributed by atoms with Gasteiger partial charge in [-0.1, -0.05) is 54.6 Å². The molecule has 0 radical (unpaired) electrons. The largest absolute Gasteiger partial charge is 0.337 e. The quantitative estimate of drug-likeness (QED) is 0.516. The number of rotatable bonds is 6. The van der Waals surface area contributed by atoms with Crippen molar-refractivity contribution >= 4 is 21.7 Å². The molecule has 7 nitrogen and oxygen atoms in total. The van der Waals surface area contributed by atoms with Crippen LogP contribution in [0.5, 0.6) is 0 Å². The van der Waals surface area contributed by atoms with Gasteiger partial charge in [-0.25, -0.2) is 18.2 Å². The molecule has 0 saturated heterocycles. The fourth-order valence-electron chi connectivity index (χ4n) is 3.48. The van der Waals surface area contributed by atoms with E-state index in [0.29, 0.717) is 12.2 Å². The number of benzene rings is 3. The molecule has 1 unspecified atom stereocenters. The lowest BCUT2D eigenvalue weighted by Crippen LogP contribution is -2.51. The molecule has 160 valence electrons. The molecule has 31 heavy (non-hydrogen) atoms. The van der Waals surface area contributed by atoms with E-state index in [1.54, 1.807) is 24.3 Å². The number of hydrogen-bond acceptors (Lipinski definition) is 4. The normalized spacial score (nSPS) is 14.0. The number of hydrazine groups is 1. The Balaban J connectivity index is 1.64. The predicted molar refractivity (Wildman–Crippen MR) is 120 cm³/mol. The van der Waals surface area contributed by atoms with Crippen LogP contribution in [0.3, 0.4) is 0 Å². The Hall–Kier alpha value is -3.20. The average molecular weight is 437 g/mol. The van der Waals surface area contributed by atoms with Crippen molar-refractivity contribution in [1.29, 1.82) is 0 Å². The zero-order valence-corrected chi connectivity index (χ0v) is 17.9. The molecule has 0 bridgehead atoms. The van der Waals surface area contributed by atoms with E-state index in [1.165, 1.54) is 12.1 Å². The second-order valence-corrected chi connectivity index (χ2v) is 9.04. The number of amides is 2. The molecule has 1 atom stereocenters. The van der Waals surface area contributed by atoms with Crippen LogP contribution in [0.25, 0.3) is 0 Å². The van der Waals surface area contributed by atoms with E-state index in [0.717, 1.165) is 28.2 Å². The summed E-state index contributed by atoms with van der Waals surface area (Å²) in [6, 6.07) is 22.1. The number of sulfonamides is 1. The molecule has 3 aromatic carbocycles. The van der Waals surface area contributed by atoms with Crippen LogP contribution >= 0.6 is 0 Å². The van der Waals surface area contributed by atoms with Gasteiger partial charge in [0.15, 0.2) is 0 Å². The molecule has 0 saturated carbocycles. The fraction of sp³-hybridized carbons (Fsp3) is 0.174. The van der Waals surface area contributed by atoms with Crippen LogP contribution in [0.1, 0.15) is 29.7 Å². The summed E-state index contributed by atoms with van der Waals surface area (Å²) in [6.45, 7) is 3.27. The summed E-state index contributed by atoms with van der Waals surface area (Å²) in [4.78, 5) is 15.7. The highest BCUT2D eigenvalue weighted by Gasteiger charge is 2.26. The zero-order valence-electron chi connectivity index (χ0n) is 17.1. The van der Waals surface area contributed by atoms with E-state index >= 15 is 0 Å². The van der Waals surface area contributed by atoms with E-state index in [-0.39, 0.29) is 10.9 Å². The summed E-state index contributed by atoms with van der Waals surface area (Å²) in [5.41, 5.74) is 3.53. The van der Waals surface area contributed by atoms with E-state index in [4.69, 9.17) is 0 Å². The van der Waals surface area contributed by atoms with Gasteiger partial charge in [0.1, 0.15) is 0 Å². The first-order chi connectivity index (χ1) is 14.9. The van der Waals surface area contributed by atoms with Gasteiger partial charge in [-0.3, -0.25) is 0 Å².